The fourth-order valence-corrected chi connectivity index (χ4v) is 3.70. The molecule has 0 spiro atoms. The van der Waals surface area contributed by atoms with Gasteiger partial charge in [-0.3, -0.25) is 9.78 Å². The molecule has 32 heavy (non-hydrogen) atoms. The molecule has 1 aliphatic carbocycles. The van der Waals surface area contributed by atoms with Gasteiger partial charge in [-0.05, 0) is 38.8 Å². The summed E-state index contributed by atoms with van der Waals surface area (Å²) in [5.41, 5.74) is 14.3. The van der Waals surface area contributed by atoms with E-state index >= 15 is 0 Å². The van der Waals surface area contributed by atoms with Crippen LogP contribution < -0.4 is 22.1 Å². The number of nitrogens with zero attached hydrogens (tertiary/aromatic N) is 5. The van der Waals surface area contributed by atoms with Crippen molar-refractivity contribution in [2.24, 2.45) is 11.5 Å². The smallest absolute Gasteiger partial charge is 0.252 e. The molecule has 1 amide bonds. The molecule has 0 aromatic carbocycles. The Morgan fingerprint density at radius 1 is 1.12 bits per heavy atom. The maximum Gasteiger partial charge on any atom is 0.252 e. The zero-order chi connectivity index (χ0) is 22.8. The van der Waals surface area contributed by atoms with E-state index in [1.54, 1.807) is 18.5 Å². The van der Waals surface area contributed by atoms with Crippen molar-refractivity contribution in [1.29, 1.82) is 0 Å². The van der Waals surface area contributed by atoms with Gasteiger partial charge in [0.2, 0.25) is 0 Å². The first-order valence-electron chi connectivity index (χ1n) is 10.5. The maximum absolute atomic E-state index is 14.7. The summed E-state index contributed by atoms with van der Waals surface area (Å²) in [5.74, 6) is -1.33. The highest BCUT2D eigenvalue weighted by atomic mass is 19.1. The molecule has 10 nitrogen and oxygen atoms in total. The largest absolute Gasteiger partial charge is 0.365 e. The fourth-order valence-electron chi connectivity index (χ4n) is 3.70. The Bertz CT molecular complexity index is 1130. The minimum atomic E-state index is -0.802. The number of carbonyl (C=O) groups excluding carboxylic acids is 1. The quantitative estimate of drug-likeness (QED) is 0.457. The van der Waals surface area contributed by atoms with Gasteiger partial charge in [-0.1, -0.05) is 12.8 Å². The Labute approximate surface area is 184 Å². The normalized spacial score (nSPS) is 18.4. The summed E-state index contributed by atoms with van der Waals surface area (Å²) in [6, 6.07) is 2.63. The number of aryl methyl sites for hydroxylation is 2. The molecule has 168 valence electrons. The van der Waals surface area contributed by atoms with E-state index in [4.69, 9.17) is 11.5 Å². The third-order valence-corrected chi connectivity index (χ3v) is 5.61. The summed E-state index contributed by atoms with van der Waals surface area (Å²) in [6.07, 6.45) is 6.90. The zero-order valence-corrected chi connectivity index (χ0v) is 18.0. The SMILES string of the molecule is Cc1nn(-c2cncc(Nc3nc(N[C@@H]4CCCC[C@@H]4N)c(F)cc3C(N)=O)c2)nc1C. The Morgan fingerprint density at radius 2 is 1.84 bits per heavy atom. The monoisotopic (exact) mass is 439 g/mol. The second kappa shape index (κ2) is 8.87. The van der Waals surface area contributed by atoms with Crippen molar-refractivity contribution in [3.05, 3.63) is 47.3 Å². The van der Waals surface area contributed by atoms with Crippen LogP contribution in [0, 0.1) is 19.7 Å². The van der Waals surface area contributed by atoms with Crippen molar-refractivity contribution in [2.75, 3.05) is 10.6 Å². The molecule has 4 rings (SSSR count). The average Bonchev–Trinajstić information content (AvgIpc) is 3.10. The molecule has 6 N–H and O–H groups in total. The number of primary amides is 1. The van der Waals surface area contributed by atoms with Crippen molar-refractivity contribution in [2.45, 2.75) is 51.6 Å². The van der Waals surface area contributed by atoms with E-state index in [1.165, 1.54) is 4.80 Å². The molecule has 1 fully saturated rings. The number of amides is 1. The number of carbonyl (C=O) groups is 1. The van der Waals surface area contributed by atoms with Crippen LogP contribution in [0.4, 0.5) is 21.7 Å². The molecule has 0 unspecified atom stereocenters. The van der Waals surface area contributed by atoms with Crippen LogP contribution in [0.2, 0.25) is 0 Å². The van der Waals surface area contributed by atoms with Crippen molar-refractivity contribution >= 4 is 23.2 Å². The van der Waals surface area contributed by atoms with Gasteiger partial charge in [0.05, 0.1) is 35.0 Å². The minimum absolute atomic E-state index is 0.0176. The maximum atomic E-state index is 14.7. The van der Waals surface area contributed by atoms with E-state index < -0.39 is 11.7 Å². The van der Waals surface area contributed by atoms with Crippen LogP contribution in [-0.2, 0) is 0 Å². The van der Waals surface area contributed by atoms with Crippen LogP contribution in [-0.4, -0.2) is 43.0 Å². The molecule has 3 aromatic heterocycles. The molecule has 0 radical (unpaired) electrons. The van der Waals surface area contributed by atoms with Gasteiger partial charge in [0, 0.05) is 12.1 Å². The highest BCUT2D eigenvalue weighted by Crippen LogP contribution is 2.27. The predicted octanol–water partition coefficient (Wildman–Crippen LogP) is 2.34. The van der Waals surface area contributed by atoms with Gasteiger partial charge in [-0.25, -0.2) is 9.37 Å². The number of rotatable bonds is 6. The van der Waals surface area contributed by atoms with E-state index in [0.717, 1.165) is 43.1 Å². The zero-order valence-electron chi connectivity index (χ0n) is 18.0. The Balaban J connectivity index is 1.65. The lowest BCUT2D eigenvalue weighted by Crippen LogP contribution is -2.43. The lowest BCUT2D eigenvalue weighted by atomic mass is 9.91. The minimum Gasteiger partial charge on any atom is -0.365 e. The number of halogens is 1. The standard InChI is InChI=1S/C21H26FN9O/c1-11-12(2)30-31(29-11)14-7-13(9-25-10-14)26-20-15(19(24)32)8-16(22)21(28-20)27-18-6-4-3-5-17(18)23/h7-10,17-18H,3-6,23H2,1-2H3,(H2,24,32)(H2,26,27,28)/t17-,18+/m0/s1. The highest BCUT2D eigenvalue weighted by molar-refractivity contribution is 5.98. The third-order valence-electron chi connectivity index (χ3n) is 5.61. The van der Waals surface area contributed by atoms with Crippen LogP contribution in [0.5, 0.6) is 0 Å². The first-order chi connectivity index (χ1) is 15.3. The summed E-state index contributed by atoms with van der Waals surface area (Å²) in [7, 11) is 0. The number of pyridine rings is 2. The van der Waals surface area contributed by atoms with E-state index in [9.17, 15) is 9.18 Å². The van der Waals surface area contributed by atoms with Gasteiger partial charge in [0.1, 0.15) is 11.5 Å². The Morgan fingerprint density at radius 3 is 2.53 bits per heavy atom. The molecular weight excluding hydrogens is 413 g/mol. The van der Waals surface area contributed by atoms with E-state index in [-0.39, 0.29) is 29.3 Å². The molecule has 0 aliphatic heterocycles. The topological polar surface area (TPSA) is 150 Å². The number of nitrogens with two attached hydrogens (primary N) is 2. The summed E-state index contributed by atoms with van der Waals surface area (Å²) >= 11 is 0. The number of aromatic nitrogens is 5. The highest BCUT2D eigenvalue weighted by Gasteiger charge is 2.24. The molecule has 0 bridgehead atoms. The van der Waals surface area contributed by atoms with Gasteiger partial charge >= 0.3 is 0 Å². The van der Waals surface area contributed by atoms with Crippen LogP contribution in [0.15, 0.2) is 24.5 Å². The average molecular weight is 439 g/mol. The molecule has 3 aromatic rings. The Hall–Kier alpha value is -3.60. The third kappa shape index (κ3) is 4.52. The van der Waals surface area contributed by atoms with Crippen LogP contribution in [0.3, 0.4) is 0 Å². The van der Waals surface area contributed by atoms with Crippen molar-refractivity contribution in [3.63, 3.8) is 0 Å². The van der Waals surface area contributed by atoms with E-state index in [2.05, 4.69) is 30.8 Å². The number of nitrogens with one attached hydrogen (secondary N) is 2. The molecule has 11 heteroatoms. The molecule has 3 heterocycles. The second-order valence-electron chi connectivity index (χ2n) is 8.00. The summed E-state index contributed by atoms with van der Waals surface area (Å²) in [6.45, 7) is 3.73. The summed E-state index contributed by atoms with van der Waals surface area (Å²) < 4.78 is 14.7. The van der Waals surface area contributed by atoms with Gasteiger partial charge in [-0.15, -0.1) is 4.80 Å². The molecule has 1 saturated carbocycles. The first kappa shape index (κ1) is 21.6. The lowest BCUT2D eigenvalue weighted by molar-refractivity contribution is 0.100. The van der Waals surface area contributed by atoms with Crippen LogP contribution >= 0.6 is 0 Å². The first-order valence-corrected chi connectivity index (χ1v) is 10.5. The molecular formula is C21H26FN9O. The molecule has 2 atom stereocenters. The summed E-state index contributed by atoms with van der Waals surface area (Å²) in [4.78, 5) is 21.9. The van der Waals surface area contributed by atoms with Gasteiger partial charge in [0.15, 0.2) is 11.6 Å². The van der Waals surface area contributed by atoms with Crippen LogP contribution in [0.1, 0.15) is 47.4 Å². The Kier molecular flexibility index (Phi) is 5.99. The number of hydrogen-bond acceptors (Lipinski definition) is 8. The summed E-state index contributed by atoms with van der Waals surface area (Å²) in [5, 5.41) is 14.8. The van der Waals surface area contributed by atoms with Gasteiger partial charge < -0.3 is 22.1 Å². The lowest BCUT2D eigenvalue weighted by Gasteiger charge is -2.30. The number of anilines is 3. The van der Waals surface area contributed by atoms with Crippen molar-refractivity contribution < 1.29 is 9.18 Å². The van der Waals surface area contributed by atoms with Crippen molar-refractivity contribution in [1.82, 2.24) is 25.0 Å². The van der Waals surface area contributed by atoms with Gasteiger partial charge in [-0.2, -0.15) is 10.2 Å². The van der Waals surface area contributed by atoms with Crippen molar-refractivity contribution in [3.8, 4) is 5.69 Å². The second-order valence-corrected chi connectivity index (χ2v) is 8.00. The van der Waals surface area contributed by atoms with E-state index in [1.807, 2.05) is 13.8 Å². The predicted molar refractivity (Wildman–Crippen MR) is 118 cm³/mol. The van der Waals surface area contributed by atoms with Crippen LogP contribution in [0.25, 0.3) is 5.69 Å². The van der Waals surface area contributed by atoms with E-state index in [0.29, 0.717) is 11.4 Å². The molecule has 0 saturated heterocycles. The van der Waals surface area contributed by atoms with Gasteiger partial charge in [0.25, 0.3) is 5.91 Å². The fraction of sp³-hybridized carbons (Fsp3) is 0.381. The molecule has 1 aliphatic rings. The number of hydrogen-bond donors (Lipinski definition) is 4.